The van der Waals surface area contributed by atoms with Crippen molar-refractivity contribution < 1.29 is 31.5 Å². The fourth-order valence-corrected chi connectivity index (χ4v) is 7.03. The van der Waals surface area contributed by atoms with Crippen LogP contribution in [-0.4, -0.2) is 75.3 Å². The van der Waals surface area contributed by atoms with Gasteiger partial charge in [-0.05, 0) is 6.42 Å². The molecule has 2 fully saturated rings. The summed E-state index contributed by atoms with van der Waals surface area (Å²) in [5.41, 5.74) is 0. The monoisotopic (exact) mass is 327 g/mol. The van der Waals surface area contributed by atoms with E-state index < -0.39 is 48.8 Å². The van der Waals surface area contributed by atoms with Crippen molar-refractivity contribution in [1.82, 2.24) is 4.31 Å². The lowest BCUT2D eigenvalue weighted by Crippen LogP contribution is -2.47. The summed E-state index contributed by atoms with van der Waals surface area (Å²) in [5.74, 6) is -2.58. The fourth-order valence-electron chi connectivity index (χ4n) is 2.56. The highest BCUT2D eigenvalue weighted by atomic mass is 32.2. The van der Waals surface area contributed by atoms with E-state index in [4.69, 9.17) is 9.84 Å². The molecule has 0 bridgehead atoms. The van der Waals surface area contributed by atoms with Crippen molar-refractivity contribution in [3.63, 3.8) is 0 Å². The molecule has 2 heterocycles. The van der Waals surface area contributed by atoms with E-state index in [2.05, 4.69) is 0 Å². The standard InChI is InChI=1S/C10H17NO7S2/c1-11(9-5-18-4-8(9)10(12)13)20(16,17)7-2-3-19(14,15)6-7/h7-9H,2-6H2,1H3,(H,12,13). The molecule has 0 spiro atoms. The minimum absolute atomic E-state index is 0.00612. The average Bonchev–Trinajstić information content (AvgIpc) is 2.94. The Hall–Kier alpha value is -0.710. The third-order valence-corrected chi connectivity index (χ3v) is 8.15. The summed E-state index contributed by atoms with van der Waals surface area (Å²) in [5, 5.41) is 8.06. The number of sulfonamides is 1. The fraction of sp³-hybridized carbons (Fsp3) is 0.900. The van der Waals surface area contributed by atoms with E-state index in [1.807, 2.05) is 0 Å². The predicted molar refractivity (Wildman–Crippen MR) is 69.5 cm³/mol. The lowest BCUT2D eigenvalue weighted by Gasteiger charge is -2.27. The molecule has 8 nitrogen and oxygen atoms in total. The number of hydrogen-bond acceptors (Lipinski definition) is 6. The van der Waals surface area contributed by atoms with Crippen molar-refractivity contribution in [2.45, 2.75) is 17.7 Å². The van der Waals surface area contributed by atoms with Crippen LogP contribution in [0.25, 0.3) is 0 Å². The summed E-state index contributed by atoms with van der Waals surface area (Å²) >= 11 is 0. The smallest absolute Gasteiger partial charge is 0.310 e. The zero-order valence-corrected chi connectivity index (χ0v) is 12.6. The Labute approximate surface area is 117 Å². The third kappa shape index (κ3) is 2.83. The number of carboxylic acids is 1. The van der Waals surface area contributed by atoms with Gasteiger partial charge in [0.15, 0.2) is 9.84 Å². The number of aliphatic carboxylic acids is 1. The van der Waals surface area contributed by atoms with Crippen molar-refractivity contribution in [2.75, 3.05) is 31.8 Å². The van der Waals surface area contributed by atoms with Gasteiger partial charge in [-0.3, -0.25) is 4.79 Å². The van der Waals surface area contributed by atoms with E-state index in [0.717, 1.165) is 4.31 Å². The van der Waals surface area contributed by atoms with Crippen molar-refractivity contribution in [3.05, 3.63) is 0 Å². The van der Waals surface area contributed by atoms with E-state index in [9.17, 15) is 21.6 Å². The molecule has 0 aromatic heterocycles. The predicted octanol–water partition coefficient (Wildman–Crippen LogP) is -1.47. The lowest BCUT2D eigenvalue weighted by molar-refractivity contribution is -0.142. The van der Waals surface area contributed by atoms with Gasteiger partial charge < -0.3 is 9.84 Å². The van der Waals surface area contributed by atoms with Crippen LogP contribution in [0.1, 0.15) is 6.42 Å². The quantitative estimate of drug-likeness (QED) is 0.670. The molecule has 116 valence electrons. The highest BCUT2D eigenvalue weighted by Crippen LogP contribution is 2.27. The van der Waals surface area contributed by atoms with Crippen LogP contribution in [0.4, 0.5) is 0 Å². The number of carbonyl (C=O) groups is 1. The lowest BCUT2D eigenvalue weighted by atomic mass is 10.1. The van der Waals surface area contributed by atoms with Crippen LogP contribution in [0.5, 0.6) is 0 Å². The topological polar surface area (TPSA) is 118 Å². The number of likely N-dealkylation sites (N-methyl/N-ethyl adjacent to an activating group) is 1. The molecule has 0 aliphatic carbocycles. The maximum absolute atomic E-state index is 12.4. The summed E-state index contributed by atoms with van der Waals surface area (Å²) in [6.45, 7) is -0.0327. The van der Waals surface area contributed by atoms with Gasteiger partial charge in [-0.25, -0.2) is 16.8 Å². The second kappa shape index (κ2) is 5.24. The van der Waals surface area contributed by atoms with Crippen LogP contribution >= 0.6 is 0 Å². The van der Waals surface area contributed by atoms with E-state index >= 15 is 0 Å². The van der Waals surface area contributed by atoms with Gasteiger partial charge in [0.1, 0.15) is 0 Å². The summed E-state index contributed by atoms with van der Waals surface area (Å²) in [7, 11) is -5.88. The van der Waals surface area contributed by atoms with Crippen molar-refractivity contribution >= 4 is 25.8 Å². The van der Waals surface area contributed by atoms with Crippen molar-refractivity contribution in [2.24, 2.45) is 5.92 Å². The molecular weight excluding hydrogens is 310 g/mol. The molecule has 2 aliphatic rings. The van der Waals surface area contributed by atoms with Gasteiger partial charge in [0.25, 0.3) is 0 Å². The zero-order chi connectivity index (χ0) is 15.1. The summed E-state index contributed by atoms with van der Waals surface area (Å²) in [4.78, 5) is 11.1. The second-order valence-corrected chi connectivity index (χ2v) is 9.64. The van der Waals surface area contributed by atoms with Gasteiger partial charge in [0.2, 0.25) is 10.0 Å². The maximum Gasteiger partial charge on any atom is 0.310 e. The molecule has 0 saturated carbocycles. The van der Waals surface area contributed by atoms with Crippen LogP contribution in [0, 0.1) is 5.92 Å². The Morgan fingerprint density at radius 1 is 1.35 bits per heavy atom. The first-order chi connectivity index (χ1) is 9.15. The highest BCUT2D eigenvalue weighted by molar-refractivity contribution is 7.95. The number of ether oxygens (including phenoxy) is 1. The number of nitrogens with zero attached hydrogens (tertiary/aromatic N) is 1. The Balaban J connectivity index is 2.19. The largest absolute Gasteiger partial charge is 0.481 e. The van der Waals surface area contributed by atoms with Crippen LogP contribution in [0.2, 0.25) is 0 Å². The van der Waals surface area contributed by atoms with Gasteiger partial charge in [-0.15, -0.1) is 0 Å². The number of sulfone groups is 1. The van der Waals surface area contributed by atoms with E-state index in [0.29, 0.717) is 0 Å². The van der Waals surface area contributed by atoms with Crippen LogP contribution < -0.4 is 0 Å². The number of hydrogen-bond donors (Lipinski definition) is 1. The summed E-state index contributed by atoms with van der Waals surface area (Å²) in [6.07, 6.45) is 0.0559. The minimum Gasteiger partial charge on any atom is -0.481 e. The Bertz CT molecular complexity index is 597. The Morgan fingerprint density at radius 2 is 2.00 bits per heavy atom. The Kier molecular flexibility index (Phi) is 4.11. The van der Waals surface area contributed by atoms with Crippen LogP contribution in [0.15, 0.2) is 0 Å². The SMILES string of the molecule is CN(C1COCC1C(=O)O)S(=O)(=O)C1CCS(=O)(=O)C1. The van der Waals surface area contributed by atoms with Crippen molar-refractivity contribution in [1.29, 1.82) is 0 Å². The number of carboxylic acid groups (broad SMARTS) is 1. The first-order valence-electron chi connectivity index (χ1n) is 6.13. The first-order valence-corrected chi connectivity index (χ1v) is 9.45. The molecule has 3 atom stereocenters. The molecule has 2 aliphatic heterocycles. The molecule has 2 rings (SSSR count). The summed E-state index contributed by atoms with van der Waals surface area (Å²) < 4.78 is 53.6. The average molecular weight is 327 g/mol. The Morgan fingerprint density at radius 3 is 2.50 bits per heavy atom. The zero-order valence-electron chi connectivity index (χ0n) is 10.9. The van der Waals surface area contributed by atoms with Gasteiger partial charge in [-0.2, -0.15) is 4.31 Å². The molecule has 10 heteroatoms. The second-order valence-electron chi connectivity index (χ2n) is 5.14. The molecule has 0 aromatic rings. The van der Waals surface area contributed by atoms with Crippen LogP contribution in [0.3, 0.4) is 0 Å². The first kappa shape index (κ1) is 15.7. The highest BCUT2D eigenvalue weighted by Gasteiger charge is 2.46. The maximum atomic E-state index is 12.4. The third-order valence-electron chi connectivity index (χ3n) is 3.85. The van der Waals surface area contributed by atoms with Gasteiger partial charge in [0.05, 0.1) is 41.9 Å². The van der Waals surface area contributed by atoms with Gasteiger partial charge in [-0.1, -0.05) is 0 Å². The normalized spacial score (nSPS) is 33.6. The molecule has 0 aromatic carbocycles. The van der Waals surface area contributed by atoms with Crippen LogP contribution in [-0.2, 0) is 29.4 Å². The molecule has 0 amide bonds. The van der Waals surface area contributed by atoms with E-state index in [1.165, 1.54) is 7.05 Å². The van der Waals surface area contributed by atoms with Gasteiger partial charge in [0, 0.05) is 7.05 Å². The molecule has 3 unspecified atom stereocenters. The molecule has 0 radical (unpaired) electrons. The molecular formula is C10H17NO7S2. The van der Waals surface area contributed by atoms with Crippen molar-refractivity contribution in [3.8, 4) is 0 Å². The summed E-state index contributed by atoms with van der Waals surface area (Å²) in [6, 6.07) is -0.791. The molecule has 20 heavy (non-hydrogen) atoms. The van der Waals surface area contributed by atoms with Gasteiger partial charge >= 0.3 is 5.97 Å². The van der Waals surface area contributed by atoms with E-state index in [-0.39, 0.29) is 25.4 Å². The van der Waals surface area contributed by atoms with E-state index in [1.54, 1.807) is 0 Å². The minimum atomic E-state index is -3.85. The number of rotatable bonds is 4. The molecule has 1 N–H and O–H groups in total. The molecule has 2 saturated heterocycles.